The molecule has 1 heterocycles. The highest BCUT2D eigenvalue weighted by Crippen LogP contribution is 2.06. The molecule has 4 unspecified atom stereocenters. The van der Waals surface area contributed by atoms with Crippen LogP contribution in [0.1, 0.15) is 50.6 Å². The van der Waals surface area contributed by atoms with Crippen LogP contribution in [0.5, 0.6) is 0 Å². The Labute approximate surface area is 219 Å². The van der Waals surface area contributed by atoms with Crippen LogP contribution in [0.15, 0.2) is 12.5 Å². The maximum Gasteiger partial charge on any atom is 0.326 e. The lowest BCUT2D eigenvalue weighted by atomic mass is 10.0. The summed E-state index contributed by atoms with van der Waals surface area (Å²) in [4.78, 5) is 79.3. The summed E-state index contributed by atoms with van der Waals surface area (Å²) in [5.41, 5.74) is 22.1. The van der Waals surface area contributed by atoms with Crippen LogP contribution in [0.4, 0.5) is 0 Å². The third-order valence-corrected chi connectivity index (χ3v) is 5.52. The van der Waals surface area contributed by atoms with Crippen LogP contribution < -0.4 is 38.9 Å². The molecule has 0 bridgehead atoms. The number of aliphatic carboxylic acids is 1. The van der Waals surface area contributed by atoms with Gasteiger partial charge in [-0.1, -0.05) is 6.42 Å². The summed E-state index contributed by atoms with van der Waals surface area (Å²) < 4.78 is 0. The zero-order valence-electron chi connectivity index (χ0n) is 21.0. The Hall–Kier alpha value is -4.05. The van der Waals surface area contributed by atoms with Gasteiger partial charge in [0, 0.05) is 31.2 Å². The number of unbranched alkanes of at least 4 members (excludes halogenated alkanes) is 1. The Morgan fingerprint density at radius 2 is 1.39 bits per heavy atom. The summed E-state index contributed by atoms with van der Waals surface area (Å²) in [7, 11) is 0. The lowest BCUT2D eigenvalue weighted by Crippen LogP contribution is -2.57. The Balaban J connectivity index is 3.05. The van der Waals surface area contributed by atoms with Crippen LogP contribution in [-0.2, 0) is 35.2 Å². The molecule has 0 aromatic carbocycles. The monoisotopic (exact) mass is 539 g/mol. The minimum Gasteiger partial charge on any atom is -0.480 e. The first-order valence-corrected chi connectivity index (χ1v) is 12.1. The summed E-state index contributed by atoms with van der Waals surface area (Å²) in [6.07, 6.45) is 3.24. The Morgan fingerprint density at radius 3 is 1.92 bits per heavy atom. The lowest BCUT2D eigenvalue weighted by Gasteiger charge is -2.25. The molecule has 4 atom stereocenters. The van der Waals surface area contributed by atoms with Crippen LogP contribution in [0.25, 0.3) is 0 Å². The van der Waals surface area contributed by atoms with Gasteiger partial charge in [-0.3, -0.25) is 24.0 Å². The molecule has 0 fully saturated rings. The number of nitrogens with two attached hydrogens (primary N) is 4. The van der Waals surface area contributed by atoms with Gasteiger partial charge in [0.25, 0.3) is 0 Å². The van der Waals surface area contributed by atoms with Crippen molar-refractivity contribution in [2.45, 2.75) is 75.5 Å². The average Bonchev–Trinajstić information content (AvgIpc) is 3.36. The van der Waals surface area contributed by atoms with Crippen molar-refractivity contribution in [1.29, 1.82) is 0 Å². The number of carbonyl (C=O) groups excluding carboxylic acids is 5. The molecule has 0 spiro atoms. The van der Waals surface area contributed by atoms with Crippen LogP contribution in [0.3, 0.4) is 0 Å². The molecule has 0 saturated heterocycles. The molecule has 16 nitrogen and oxygen atoms in total. The Bertz CT molecular complexity index is 955. The van der Waals surface area contributed by atoms with Gasteiger partial charge in [-0.25, -0.2) is 9.78 Å². The van der Waals surface area contributed by atoms with Crippen LogP contribution in [0, 0.1) is 0 Å². The molecule has 212 valence electrons. The minimum absolute atomic E-state index is 0.116. The van der Waals surface area contributed by atoms with Gasteiger partial charge < -0.3 is 49.0 Å². The summed E-state index contributed by atoms with van der Waals surface area (Å²) in [5.74, 6) is -5.20. The number of carbonyl (C=O) groups is 6. The molecule has 1 rings (SSSR count). The number of nitrogens with one attached hydrogen (secondary N) is 4. The highest BCUT2D eigenvalue weighted by molar-refractivity contribution is 5.94. The molecule has 0 aliphatic heterocycles. The fourth-order valence-corrected chi connectivity index (χ4v) is 3.39. The molecule has 1 aromatic rings. The number of carboxylic acids is 1. The maximum absolute atomic E-state index is 13.1. The molecular weight excluding hydrogens is 502 g/mol. The normalized spacial score (nSPS) is 13.9. The first-order chi connectivity index (χ1) is 17.9. The topological polar surface area (TPSA) is 292 Å². The Morgan fingerprint density at radius 1 is 0.842 bits per heavy atom. The first-order valence-electron chi connectivity index (χ1n) is 12.1. The number of rotatable bonds is 19. The quantitative estimate of drug-likeness (QED) is 0.0780. The molecule has 16 heteroatoms. The second-order valence-corrected chi connectivity index (χ2v) is 8.70. The van der Waals surface area contributed by atoms with E-state index in [1.807, 2.05) is 0 Å². The predicted octanol–water partition coefficient (Wildman–Crippen LogP) is -3.52. The summed E-state index contributed by atoms with van der Waals surface area (Å²) >= 11 is 0. The molecule has 1 aromatic heterocycles. The molecule has 13 N–H and O–H groups in total. The van der Waals surface area contributed by atoms with Gasteiger partial charge in [0.2, 0.25) is 29.5 Å². The first kappa shape index (κ1) is 32.0. The van der Waals surface area contributed by atoms with Crippen LogP contribution in [-0.4, -0.2) is 81.3 Å². The van der Waals surface area contributed by atoms with Crippen LogP contribution >= 0.6 is 0 Å². The summed E-state index contributed by atoms with van der Waals surface area (Å²) in [6.45, 7) is 0.434. The van der Waals surface area contributed by atoms with Gasteiger partial charge in [0.15, 0.2) is 0 Å². The highest BCUT2D eigenvalue weighted by Gasteiger charge is 2.31. The number of carboxylic acid groups (broad SMARTS) is 1. The zero-order valence-corrected chi connectivity index (χ0v) is 21.0. The minimum atomic E-state index is -1.45. The van der Waals surface area contributed by atoms with Crippen molar-refractivity contribution in [2.24, 2.45) is 22.9 Å². The van der Waals surface area contributed by atoms with Crippen molar-refractivity contribution in [3.05, 3.63) is 18.2 Å². The van der Waals surface area contributed by atoms with E-state index in [0.29, 0.717) is 31.5 Å². The number of imidazole rings is 1. The fourth-order valence-electron chi connectivity index (χ4n) is 3.39. The molecule has 0 aliphatic carbocycles. The van der Waals surface area contributed by atoms with E-state index < -0.39 is 59.7 Å². The second kappa shape index (κ2) is 16.6. The number of hydrogen-bond acceptors (Lipinski definition) is 9. The summed E-state index contributed by atoms with van der Waals surface area (Å²) in [6, 6.07) is -4.97. The maximum atomic E-state index is 13.1. The predicted molar refractivity (Wildman–Crippen MR) is 133 cm³/mol. The van der Waals surface area contributed by atoms with Gasteiger partial charge in [-0.15, -0.1) is 0 Å². The van der Waals surface area contributed by atoms with Crippen molar-refractivity contribution in [1.82, 2.24) is 25.9 Å². The molecule has 5 amide bonds. The van der Waals surface area contributed by atoms with E-state index in [1.165, 1.54) is 12.5 Å². The number of aromatic nitrogens is 2. The van der Waals surface area contributed by atoms with Gasteiger partial charge >= 0.3 is 5.97 Å². The van der Waals surface area contributed by atoms with E-state index in [0.717, 1.165) is 0 Å². The third kappa shape index (κ3) is 12.3. The van der Waals surface area contributed by atoms with Crippen LogP contribution in [0.2, 0.25) is 0 Å². The lowest BCUT2D eigenvalue weighted by molar-refractivity contribution is -0.142. The van der Waals surface area contributed by atoms with Gasteiger partial charge in [0.05, 0.1) is 12.4 Å². The summed E-state index contributed by atoms with van der Waals surface area (Å²) in [5, 5.41) is 16.7. The van der Waals surface area contributed by atoms with E-state index in [4.69, 9.17) is 22.9 Å². The number of hydrogen-bond donors (Lipinski definition) is 9. The number of aromatic amines is 1. The molecule has 0 aliphatic rings. The van der Waals surface area contributed by atoms with E-state index in [1.54, 1.807) is 0 Å². The number of nitrogens with zero attached hydrogens (tertiary/aromatic N) is 1. The fraction of sp³-hybridized carbons (Fsp3) is 0.591. The largest absolute Gasteiger partial charge is 0.480 e. The molecule has 0 saturated carbocycles. The third-order valence-electron chi connectivity index (χ3n) is 5.52. The van der Waals surface area contributed by atoms with Crippen molar-refractivity contribution in [3.63, 3.8) is 0 Å². The van der Waals surface area contributed by atoms with Crippen molar-refractivity contribution < 1.29 is 33.9 Å². The van der Waals surface area contributed by atoms with E-state index in [2.05, 4.69) is 25.9 Å². The van der Waals surface area contributed by atoms with Crippen molar-refractivity contribution in [3.8, 4) is 0 Å². The molecular formula is C22H37N9O7. The van der Waals surface area contributed by atoms with E-state index in [-0.39, 0.29) is 32.1 Å². The van der Waals surface area contributed by atoms with Crippen molar-refractivity contribution in [2.75, 3.05) is 6.54 Å². The molecule has 0 radical (unpaired) electrons. The average molecular weight is 540 g/mol. The van der Waals surface area contributed by atoms with Gasteiger partial charge in [-0.05, 0) is 32.2 Å². The number of amides is 5. The number of primary amides is 2. The van der Waals surface area contributed by atoms with Gasteiger partial charge in [0.1, 0.15) is 18.1 Å². The smallest absolute Gasteiger partial charge is 0.326 e. The zero-order chi connectivity index (χ0) is 28.7. The second-order valence-electron chi connectivity index (χ2n) is 8.70. The SMILES string of the molecule is NCCCCC(N)C(=O)NC(CCC(N)=O)C(=O)NC(Cc1cnc[nH]1)C(=O)NC(CCC(N)=O)C(=O)O. The standard InChI is InChI=1S/C22H37N9O7/c23-8-2-1-3-13(24)19(34)29-14(4-6-17(25)32)20(35)31-16(9-12-10-27-11-28-12)21(36)30-15(22(37)38)5-7-18(26)33/h10-11,13-16H,1-9,23-24H2,(H2,25,32)(H2,26,33)(H,27,28)(H,29,34)(H,30,36)(H,31,35)(H,37,38). The molecule has 38 heavy (non-hydrogen) atoms. The van der Waals surface area contributed by atoms with E-state index >= 15 is 0 Å². The Kier molecular flexibility index (Phi) is 14.0. The number of H-pyrrole nitrogens is 1. The van der Waals surface area contributed by atoms with Crippen molar-refractivity contribution >= 4 is 35.5 Å². The highest BCUT2D eigenvalue weighted by atomic mass is 16.4. The van der Waals surface area contributed by atoms with Gasteiger partial charge in [-0.2, -0.15) is 0 Å². The van der Waals surface area contributed by atoms with E-state index in [9.17, 15) is 33.9 Å².